The number of benzene rings is 1. The van der Waals surface area contributed by atoms with Crippen LogP contribution >= 0.6 is 15.9 Å². The minimum absolute atomic E-state index is 0.139. The fourth-order valence-electron chi connectivity index (χ4n) is 0.886. The Labute approximate surface area is 85.6 Å². The second-order valence-electron chi connectivity index (χ2n) is 2.58. The van der Waals surface area contributed by atoms with Gasteiger partial charge in [-0.2, -0.15) is 0 Å². The highest BCUT2D eigenvalue weighted by molar-refractivity contribution is 9.10. The minimum Gasteiger partial charge on any atom is -0.492 e. The largest absolute Gasteiger partial charge is 0.492 e. The van der Waals surface area contributed by atoms with Crippen molar-refractivity contribution >= 4 is 21.6 Å². The molecule has 1 aromatic carbocycles. The Morgan fingerprint density at radius 1 is 1.46 bits per heavy atom. The first kappa shape index (κ1) is 10.3. The lowest BCUT2D eigenvalue weighted by Crippen LogP contribution is -2.01. The highest BCUT2D eigenvalue weighted by Crippen LogP contribution is 2.30. The number of aliphatic hydroxyl groups is 1. The van der Waals surface area contributed by atoms with Crippen molar-refractivity contribution < 1.29 is 9.84 Å². The van der Waals surface area contributed by atoms with Crippen LogP contribution in [0.4, 0.5) is 5.69 Å². The summed E-state index contributed by atoms with van der Waals surface area (Å²) in [4.78, 5) is 0. The highest BCUT2D eigenvalue weighted by atomic mass is 79.9. The molecule has 0 radical (unpaired) electrons. The average molecular weight is 246 g/mol. The lowest BCUT2D eigenvalue weighted by Gasteiger charge is -2.08. The van der Waals surface area contributed by atoms with Crippen molar-refractivity contribution in [3.63, 3.8) is 0 Å². The van der Waals surface area contributed by atoms with Gasteiger partial charge in [0.1, 0.15) is 5.75 Å². The highest BCUT2D eigenvalue weighted by Gasteiger charge is 2.02. The number of rotatable bonds is 4. The lowest BCUT2D eigenvalue weighted by atomic mass is 10.3. The van der Waals surface area contributed by atoms with Crippen LogP contribution in [0.25, 0.3) is 0 Å². The van der Waals surface area contributed by atoms with Crippen LogP contribution in [0.15, 0.2) is 22.7 Å². The second-order valence-corrected chi connectivity index (χ2v) is 3.38. The first-order chi connectivity index (χ1) is 6.25. The smallest absolute Gasteiger partial charge is 0.135 e. The summed E-state index contributed by atoms with van der Waals surface area (Å²) >= 11 is 3.32. The van der Waals surface area contributed by atoms with Gasteiger partial charge in [0, 0.05) is 18.7 Å². The fourth-order valence-corrected chi connectivity index (χ4v) is 1.26. The van der Waals surface area contributed by atoms with Crippen molar-refractivity contribution in [2.45, 2.75) is 6.42 Å². The third-order valence-corrected chi connectivity index (χ3v) is 2.40. The summed E-state index contributed by atoms with van der Waals surface area (Å²) in [5.74, 6) is 0.716. The quantitative estimate of drug-likeness (QED) is 0.629. The molecule has 0 saturated heterocycles. The van der Waals surface area contributed by atoms with Gasteiger partial charge in [-0.3, -0.25) is 0 Å². The number of nitrogen functional groups attached to an aromatic ring is 1. The lowest BCUT2D eigenvalue weighted by molar-refractivity contribution is 0.233. The van der Waals surface area contributed by atoms with E-state index >= 15 is 0 Å². The van der Waals surface area contributed by atoms with E-state index in [1.54, 1.807) is 6.07 Å². The SMILES string of the molecule is Nc1cccc(OCCCO)c1Br. The van der Waals surface area contributed by atoms with Crippen molar-refractivity contribution in [1.29, 1.82) is 0 Å². The Hall–Kier alpha value is -0.740. The minimum atomic E-state index is 0.139. The summed E-state index contributed by atoms with van der Waals surface area (Å²) in [6.45, 7) is 0.637. The monoisotopic (exact) mass is 245 g/mol. The zero-order valence-corrected chi connectivity index (χ0v) is 8.75. The molecule has 0 aliphatic carbocycles. The number of ether oxygens (including phenoxy) is 1. The van der Waals surface area contributed by atoms with E-state index in [1.165, 1.54) is 0 Å². The first-order valence-electron chi connectivity index (χ1n) is 4.03. The first-order valence-corrected chi connectivity index (χ1v) is 4.82. The fraction of sp³-hybridized carbons (Fsp3) is 0.333. The molecule has 0 amide bonds. The molecule has 13 heavy (non-hydrogen) atoms. The van der Waals surface area contributed by atoms with Gasteiger partial charge >= 0.3 is 0 Å². The van der Waals surface area contributed by atoms with Crippen LogP contribution < -0.4 is 10.5 Å². The number of aliphatic hydroxyl groups excluding tert-OH is 1. The van der Waals surface area contributed by atoms with Gasteiger partial charge in [0.15, 0.2) is 0 Å². The predicted molar refractivity (Wildman–Crippen MR) is 55.8 cm³/mol. The number of hydrogen-bond donors (Lipinski definition) is 2. The summed E-state index contributed by atoms with van der Waals surface area (Å²) in [6, 6.07) is 5.45. The molecule has 0 spiro atoms. The zero-order valence-electron chi connectivity index (χ0n) is 7.16. The summed E-state index contributed by atoms with van der Waals surface area (Å²) in [7, 11) is 0. The number of anilines is 1. The third kappa shape index (κ3) is 2.90. The van der Waals surface area contributed by atoms with E-state index in [0.29, 0.717) is 24.5 Å². The van der Waals surface area contributed by atoms with E-state index in [2.05, 4.69) is 15.9 Å². The van der Waals surface area contributed by atoms with Gasteiger partial charge in [0.25, 0.3) is 0 Å². The van der Waals surface area contributed by atoms with E-state index in [1.807, 2.05) is 12.1 Å². The van der Waals surface area contributed by atoms with Crippen molar-refractivity contribution in [2.75, 3.05) is 18.9 Å². The Morgan fingerprint density at radius 3 is 2.92 bits per heavy atom. The molecule has 0 aliphatic rings. The van der Waals surface area contributed by atoms with Gasteiger partial charge in [0.2, 0.25) is 0 Å². The molecule has 3 N–H and O–H groups in total. The standard InChI is InChI=1S/C9H12BrNO2/c10-9-7(11)3-1-4-8(9)13-6-2-5-12/h1,3-4,12H,2,5-6,11H2. The van der Waals surface area contributed by atoms with E-state index < -0.39 is 0 Å². The van der Waals surface area contributed by atoms with Crippen LogP contribution in [-0.4, -0.2) is 18.3 Å². The molecular formula is C9H12BrNO2. The van der Waals surface area contributed by atoms with Gasteiger partial charge in [-0.1, -0.05) is 6.07 Å². The molecule has 72 valence electrons. The van der Waals surface area contributed by atoms with Crippen LogP contribution in [0, 0.1) is 0 Å². The van der Waals surface area contributed by atoms with Gasteiger partial charge in [-0.05, 0) is 28.1 Å². The van der Waals surface area contributed by atoms with E-state index in [-0.39, 0.29) is 6.61 Å². The van der Waals surface area contributed by atoms with E-state index in [4.69, 9.17) is 15.6 Å². The summed E-state index contributed by atoms with van der Waals surface area (Å²) in [6.07, 6.45) is 0.626. The maximum Gasteiger partial charge on any atom is 0.135 e. The maximum absolute atomic E-state index is 8.55. The molecule has 0 unspecified atom stereocenters. The zero-order chi connectivity index (χ0) is 9.68. The Bertz CT molecular complexity index is 278. The molecule has 0 aliphatic heterocycles. The molecule has 0 atom stereocenters. The molecule has 4 heteroatoms. The maximum atomic E-state index is 8.55. The average Bonchev–Trinajstić information content (AvgIpc) is 2.13. The summed E-state index contributed by atoms with van der Waals surface area (Å²) in [5, 5.41) is 8.55. The molecule has 0 saturated carbocycles. The van der Waals surface area contributed by atoms with E-state index in [9.17, 15) is 0 Å². The van der Waals surface area contributed by atoms with Crippen molar-refractivity contribution in [3.8, 4) is 5.75 Å². The Kier molecular flexibility index (Phi) is 4.05. The van der Waals surface area contributed by atoms with Crippen LogP contribution in [0.3, 0.4) is 0 Å². The molecular weight excluding hydrogens is 234 g/mol. The molecule has 0 aromatic heterocycles. The van der Waals surface area contributed by atoms with Crippen molar-refractivity contribution in [3.05, 3.63) is 22.7 Å². The summed E-state index contributed by atoms with van der Waals surface area (Å²) < 4.78 is 6.14. The van der Waals surface area contributed by atoms with Gasteiger partial charge in [-0.25, -0.2) is 0 Å². The van der Waals surface area contributed by atoms with Crippen LogP contribution in [-0.2, 0) is 0 Å². The Morgan fingerprint density at radius 2 is 2.23 bits per heavy atom. The van der Waals surface area contributed by atoms with Crippen molar-refractivity contribution in [1.82, 2.24) is 0 Å². The molecule has 0 heterocycles. The summed E-state index contributed by atoms with van der Waals surface area (Å²) in [5.41, 5.74) is 6.30. The van der Waals surface area contributed by atoms with Gasteiger partial charge < -0.3 is 15.6 Å². The van der Waals surface area contributed by atoms with Crippen molar-refractivity contribution in [2.24, 2.45) is 0 Å². The number of halogens is 1. The molecule has 3 nitrogen and oxygen atoms in total. The molecule has 0 bridgehead atoms. The third-order valence-electron chi connectivity index (χ3n) is 1.55. The van der Waals surface area contributed by atoms with Crippen LogP contribution in [0.2, 0.25) is 0 Å². The molecule has 1 aromatic rings. The normalized spacial score (nSPS) is 10.0. The van der Waals surface area contributed by atoms with Gasteiger partial charge in [0.05, 0.1) is 11.1 Å². The van der Waals surface area contributed by atoms with E-state index in [0.717, 1.165) is 4.47 Å². The van der Waals surface area contributed by atoms with Crippen LogP contribution in [0.1, 0.15) is 6.42 Å². The van der Waals surface area contributed by atoms with Crippen LogP contribution in [0.5, 0.6) is 5.75 Å². The second kappa shape index (κ2) is 5.09. The number of nitrogens with two attached hydrogens (primary N) is 1. The topological polar surface area (TPSA) is 55.5 Å². The van der Waals surface area contributed by atoms with Gasteiger partial charge in [-0.15, -0.1) is 0 Å². The molecule has 1 rings (SSSR count). The molecule has 0 fully saturated rings. The predicted octanol–water partition coefficient (Wildman–Crippen LogP) is 1.79. The number of hydrogen-bond acceptors (Lipinski definition) is 3. The Balaban J connectivity index is 2.61.